The molecule has 2 heterocycles. The predicted octanol–water partition coefficient (Wildman–Crippen LogP) is 5.20. The van der Waals surface area contributed by atoms with Crippen LogP contribution >= 0.6 is 0 Å². The van der Waals surface area contributed by atoms with E-state index in [1.54, 1.807) is 6.07 Å². The summed E-state index contributed by atoms with van der Waals surface area (Å²) in [5, 5.41) is 6.50. The fourth-order valence-corrected chi connectivity index (χ4v) is 5.63. The van der Waals surface area contributed by atoms with Crippen LogP contribution in [-0.2, 0) is 19.6 Å². The summed E-state index contributed by atoms with van der Waals surface area (Å²) in [6.45, 7) is 9.56. The predicted molar refractivity (Wildman–Crippen MR) is 151 cm³/mol. The SMILES string of the molecule is C[C@H]1CN(Cc2cccc(-c3cc(CNC(=O)c4cccc(CN5CCCCC5)c4)ccc3F)c2)CCN1. The van der Waals surface area contributed by atoms with E-state index in [1.165, 1.54) is 36.5 Å². The van der Waals surface area contributed by atoms with Crippen LogP contribution in [0.3, 0.4) is 0 Å². The molecule has 5 nitrogen and oxygen atoms in total. The molecule has 0 aromatic heterocycles. The Morgan fingerprint density at radius 3 is 2.47 bits per heavy atom. The number of halogens is 1. The molecule has 6 heteroatoms. The minimum Gasteiger partial charge on any atom is -0.348 e. The number of nitrogens with one attached hydrogen (secondary N) is 2. The van der Waals surface area contributed by atoms with E-state index in [0.29, 0.717) is 23.7 Å². The number of hydrogen-bond donors (Lipinski definition) is 2. The van der Waals surface area contributed by atoms with Gasteiger partial charge in [0.15, 0.2) is 0 Å². The van der Waals surface area contributed by atoms with Gasteiger partial charge in [-0.15, -0.1) is 0 Å². The fourth-order valence-electron chi connectivity index (χ4n) is 5.63. The molecule has 38 heavy (non-hydrogen) atoms. The smallest absolute Gasteiger partial charge is 0.251 e. The van der Waals surface area contributed by atoms with E-state index in [9.17, 15) is 9.18 Å². The minimum absolute atomic E-state index is 0.108. The molecule has 1 amide bonds. The molecular formula is C32H39FN4O. The maximum Gasteiger partial charge on any atom is 0.251 e. The summed E-state index contributed by atoms with van der Waals surface area (Å²) < 4.78 is 14.9. The van der Waals surface area contributed by atoms with Crippen LogP contribution < -0.4 is 10.6 Å². The first kappa shape index (κ1) is 26.5. The molecule has 3 aromatic rings. The van der Waals surface area contributed by atoms with E-state index in [4.69, 9.17) is 0 Å². The summed E-state index contributed by atoms with van der Waals surface area (Å²) in [4.78, 5) is 17.8. The molecular weight excluding hydrogens is 475 g/mol. The topological polar surface area (TPSA) is 47.6 Å². The van der Waals surface area contributed by atoms with Gasteiger partial charge >= 0.3 is 0 Å². The first-order chi connectivity index (χ1) is 18.5. The Morgan fingerprint density at radius 2 is 1.66 bits per heavy atom. The van der Waals surface area contributed by atoms with Gasteiger partial charge < -0.3 is 10.6 Å². The molecule has 0 aliphatic carbocycles. The maximum absolute atomic E-state index is 14.9. The Kier molecular flexibility index (Phi) is 8.84. The van der Waals surface area contributed by atoms with Gasteiger partial charge in [-0.3, -0.25) is 14.6 Å². The van der Waals surface area contributed by atoms with Crippen molar-refractivity contribution in [2.45, 2.75) is 51.9 Å². The van der Waals surface area contributed by atoms with Crippen LogP contribution in [0.5, 0.6) is 0 Å². The van der Waals surface area contributed by atoms with Gasteiger partial charge in [0.25, 0.3) is 5.91 Å². The standard InChI is InChI=1S/C32H39FN4O/c1-24-21-37(16-13-34-24)23-26-7-5-9-28(17-26)30-19-25(11-12-31(30)33)20-35-32(38)29-10-6-8-27(18-29)22-36-14-3-2-4-15-36/h5-12,17-19,24,34H,2-4,13-16,20-23H2,1H3,(H,35,38)/t24-/m0/s1. The summed E-state index contributed by atoms with van der Waals surface area (Å²) in [7, 11) is 0. The van der Waals surface area contributed by atoms with Crippen molar-refractivity contribution in [3.63, 3.8) is 0 Å². The third-order valence-electron chi connectivity index (χ3n) is 7.62. The van der Waals surface area contributed by atoms with Crippen molar-refractivity contribution in [1.29, 1.82) is 0 Å². The first-order valence-electron chi connectivity index (χ1n) is 14.0. The van der Waals surface area contributed by atoms with Gasteiger partial charge in [0.1, 0.15) is 5.82 Å². The average molecular weight is 515 g/mol. The summed E-state index contributed by atoms with van der Waals surface area (Å²) in [6, 6.07) is 21.6. The lowest BCUT2D eigenvalue weighted by Gasteiger charge is -2.31. The molecule has 0 saturated carbocycles. The van der Waals surface area contributed by atoms with E-state index >= 15 is 0 Å². The Bertz CT molecular complexity index is 1240. The average Bonchev–Trinajstić information content (AvgIpc) is 2.93. The highest BCUT2D eigenvalue weighted by Gasteiger charge is 2.16. The zero-order valence-electron chi connectivity index (χ0n) is 22.4. The molecule has 5 rings (SSSR count). The van der Waals surface area contributed by atoms with E-state index in [1.807, 2.05) is 36.4 Å². The van der Waals surface area contributed by atoms with Gasteiger partial charge in [-0.05, 0) is 85.4 Å². The minimum atomic E-state index is -0.251. The number of hydrogen-bond acceptors (Lipinski definition) is 4. The second-order valence-corrected chi connectivity index (χ2v) is 10.8. The van der Waals surface area contributed by atoms with E-state index in [0.717, 1.165) is 56.9 Å². The lowest BCUT2D eigenvalue weighted by molar-refractivity contribution is 0.0950. The number of amides is 1. The molecule has 200 valence electrons. The molecule has 0 spiro atoms. The Labute approximate surface area is 226 Å². The maximum atomic E-state index is 14.9. The highest BCUT2D eigenvalue weighted by atomic mass is 19.1. The Balaban J connectivity index is 1.23. The van der Waals surface area contributed by atoms with Gasteiger partial charge in [-0.1, -0.05) is 42.8 Å². The van der Waals surface area contributed by atoms with Gasteiger partial charge in [0, 0.05) is 56.4 Å². The van der Waals surface area contributed by atoms with Crippen molar-refractivity contribution >= 4 is 5.91 Å². The van der Waals surface area contributed by atoms with Crippen LogP contribution in [0, 0.1) is 5.82 Å². The number of nitrogens with zero attached hydrogens (tertiary/aromatic N) is 2. The summed E-state index contributed by atoms with van der Waals surface area (Å²) in [5.41, 5.74) is 5.31. The highest BCUT2D eigenvalue weighted by molar-refractivity contribution is 5.94. The normalized spacial score (nSPS) is 18.8. The van der Waals surface area contributed by atoms with Gasteiger partial charge in [-0.2, -0.15) is 0 Å². The number of piperidine rings is 1. The Hall–Kier alpha value is -3.06. The highest BCUT2D eigenvalue weighted by Crippen LogP contribution is 2.26. The van der Waals surface area contributed by atoms with Crippen LogP contribution in [0.25, 0.3) is 11.1 Å². The largest absolute Gasteiger partial charge is 0.348 e. The number of rotatable bonds is 8. The quantitative estimate of drug-likeness (QED) is 0.434. The van der Waals surface area contributed by atoms with Crippen LogP contribution in [0.4, 0.5) is 4.39 Å². The van der Waals surface area contributed by atoms with Crippen molar-refractivity contribution in [2.75, 3.05) is 32.7 Å². The second-order valence-electron chi connectivity index (χ2n) is 10.8. The molecule has 1 atom stereocenters. The zero-order valence-corrected chi connectivity index (χ0v) is 22.4. The Morgan fingerprint density at radius 1 is 0.895 bits per heavy atom. The summed E-state index contributed by atoms with van der Waals surface area (Å²) in [6.07, 6.45) is 3.81. The van der Waals surface area contributed by atoms with Gasteiger partial charge in [0.05, 0.1) is 0 Å². The van der Waals surface area contributed by atoms with Gasteiger partial charge in [0.2, 0.25) is 0 Å². The van der Waals surface area contributed by atoms with Crippen LogP contribution in [0.1, 0.15) is 53.2 Å². The van der Waals surface area contributed by atoms with Crippen LogP contribution in [0.15, 0.2) is 66.7 Å². The molecule has 2 aliphatic rings. The first-order valence-corrected chi connectivity index (χ1v) is 14.0. The molecule has 2 N–H and O–H groups in total. The molecule has 2 fully saturated rings. The number of piperazine rings is 1. The third-order valence-corrected chi connectivity index (χ3v) is 7.62. The van der Waals surface area contributed by atoms with Gasteiger partial charge in [-0.25, -0.2) is 4.39 Å². The molecule has 3 aromatic carbocycles. The van der Waals surface area contributed by atoms with Crippen LogP contribution in [-0.4, -0.2) is 54.5 Å². The number of carbonyl (C=O) groups is 1. The monoisotopic (exact) mass is 514 g/mol. The molecule has 2 saturated heterocycles. The van der Waals surface area contributed by atoms with E-state index in [2.05, 4.69) is 45.6 Å². The van der Waals surface area contributed by atoms with Crippen molar-refractivity contribution in [1.82, 2.24) is 20.4 Å². The third kappa shape index (κ3) is 7.07. The van der Waals surface area contributed by atoms with E-state index < -0.39 is 0 Å². The second kappa shape index (κ2) is 12.7. The summed E-state index contributed by atoms with van der Waals surface area (Å²) in [5.74, 6) is -0.359. The zero-order chi connectivity index (χ0) is 26.3. The summed E-state index contributed by atoms with van der Waals surface area (Å²) >= 11 is 0. The number of likely N-dealkylation sites (tertiary alicyclic amines) is 1. The molecule has 0 bridgehead atoms. The van der Waals surface area contributed by atoms with E-state index in [-0.39, 0.29) is 11.7 Å². The number of carbonyl (C=O) groups excluding carboxylic acids is 1. The van der Waals surface area contributed by atoms with Crippen molar-refractivity contribution < 1.29 is 9.18 Å². The lowest BCUT2D eigenvalue weighted by atomic mass is 10.00. The van der Waals surface area contributed by atoms with Crippen molar-refractivity contribution in [3.8, 4) is 11.1 Å². The molecule has 0 unspecified atom stereocenters. The molecule has 0 radical (unpaired) electrons. The number of benzene rings is 3. The van der Waals surface area contributed by atoms with Crippen molar-refractivity contribution in [2.24, 2.45) is 0 Å². The molecule has 2 aliphatic heterocycles. The van der Waals surface area contributed by atoms with Crippen molar-refractivity contribution in [3.05, 3.63) is 94.8 Å². The lowest BCUT2D eigenvalue weighted by Crippen LogP contribution is -2.48. The fraction of sp³-hybridized carbons (Fsp3) is 0.406. The van der Waals surface area contributed by atoms with Crippen LogP contribution in [0.2, 0.25) is 0 Å².